The van der Waals surface area contributed by atoms with Crippen LogP contribution in [0.3, 0.4) is 0 Å². The van der Waals surface area contributed by atoms with Gasteiger partial charge in [0.2, 0.25) is 0 Å². The Kier molecular flexibility index (Phi) is 5.71. The zero-order valence-corrected chi connectivity index (χ0v) is 12.8. The Bertz CT molecular complexity index is 341. The lowest BCUT2D eigenvalue weighted by atomic mass is 9.81. The van der Waals surface area contributed by atoms with Crippen molar-refractivity contribution in [2.75, 3.05) is 6.61 Å². The minimum atomic E-state index is 0.709. The highest BCUT2D eigenvalue weighted by molar-refractivity contribution is 9.10. The van der Waals surface area contributed by atoms with E-state index in [9.17, 15) is 0 Å². The molecule has 0 spiro atoms. The van der Waals surface area contributed by atoms with E-state index in [2.05, 4.69) is 47.1 Å². The molecule has 0 unspecified atom stereocenters. The second-order valence-electron chi connectivity index (χ2n) is 5.52. The number of hydrogen-bond donors (Lipinski definition) is 0. The number of hydrogen-bond acceptors (Lipinski definition) is 1. The molecule has 1 aliphatic carbocycles. The fourth-order valence-corrected chi connectivity index (χ4v) is 3.05. The zero-order chi connectivity index (χ0) is 12.8. The summed E-state index contributed by atoms with van der Waals surface area (Å²) in [7, 11) is 0. The van der Waals surface area contributed by atoms with Crippen LogP contribution in [0.2, 0.25) is 0 Å². The van der Waals surface area contributed by atoms with E-state index in [1.165, 1.54) is 37.7 Å². The van der Waals surface area contributed by atoms with E-state index >= 15 is 0 Å². The number of rotatable bonds is 5. The third-order valence-electron chi connectivity index (χ3n) is 4.02. The normalized spacial score (nSPS) is 18.8. The van der Waals surface area contributed by atoms with Crippen molar-refractivity contribution in [3.8, 4) is 0 Å². The zero-order valence-electron chi connectivity index (χ0n) is 11.2. The first-order valence-electron chi connectivity index (χ1n) is 7.08. The van der Waals surface area contributed by atoms with Crippen LogP contribution in [-0.4, -0.2) is 6.61 Å². The van der Waals surface area contributed by atoms with Crippen LogP contribution < -0.4 is 0 Å². The van der Waals surface area contributed by atoms with Crippen molar-refractivity contribution in [1.82, 2.24) is 0 Å². The second kappa shape index (κ2) is 7.30. The third kappa shape index (κ3) is 4.40. The maximum Gasteiger partial charge on any atom is 0.0717 e. The highest BCUT2D eigenvalue weighted by Crippen LogP contribution is 2.30. The van der Waals surface area contributed by atoms with E-state index in [4.69, 9.17) is 4.74 Å². The standard InChI is InChI=1S/C16H23BrO/c1-13(15-5-3-2-4-6-15)11-18-12-14-7-9-16(17)10-8-14/h7-10,13,15H,2-6,11-12H2,1H3/t13-/m0/s1. The molecule has 0 amide bonds. The Labute approximate surface area is 119 Å². The Morgan fingerprint density at radius 3 is 2.50 bits per heavy atom. The van der Waals surface area contributed by atoms with E-state index in [-0.39, 0.29) is 0 Å². The van der Waals surface area contributed by atoms with Gasteiger partial charge in [0.15, 0.2) is 0 Å². The van der Waals surface area contributed by atoms with Crippen molar-refractivity contribution in [1.29, 1.82) is 0 Å². The molecule has 0 aliphatic heterocycles. The van der Waals surface area contributed by atoms with Gasteiger partial charge in [-0.25, -0.2) is 0 Å². The number of ether oxygens (including phenoxy) is 1. The van der Waals surface area contributed by atoms with Crippen LogP contribution >= 0.6 is 15.9 Å². The van der Waals surface area contributed by atoms with Crippen molar-refractivity contribution < 1.29 is 4.74 Å². The largest absolute Gasteiger partial charge is 0.376 e. The summed E-state index contributed by atoms with van der Waals surface area (Å²) in [5.74, 6) is 1.60. The van der Waals surface area contributed by atoms with Gasteiger partial charge in [0.05, 0.1) is 6.61 Å². The molecule has 0 N–H and O–H groups in total. The molecule has 1 nitrogen and oxygen atoms in total. The van der Waals surface area contributed by atoms with E-state index in [1.54, 1.807) is 0 Å². The third-order valence-corrected chi connectivity index (χ3v) is 4.55. The minimum Gasteiger partial charge on any atom is -0.376 e. The van der Waals surface area contributed by atoms with Crippen LogP contribution in [0, 0.1) is 11.8 Å². The smallest absolute Gasteiger partial charge is 0.0717 e. The maximum atomic E-state index is 5.86. The van der Waals surface area contributed by atoms with Crippen LogP contribution in [0.15, 0.2) is 28.7 Å². The van der Waals surface area contributed by atoms with Crippen molar-refractivity contribution in [3.05, 3.63) is 34.3 Å². The van der Waals surface area contributed by atoms with Crippen molar-refractivity contribution >= 4 is 15.9 Å². The molecule has 0 radical (unpaired) electrons. The van der Waals surface area contributed by atoms with Crippen LogP contribution in [-0.2, 0) is 11.3 Å². The first kappa shape index (κ1) is 14.1. The monoisotopic (exact) mass is 310 g/mol. The van der Waals surface area contributed by atoms with Gasteiger partial charge >= 0.3 is 0 Å². The van der Waals surface area contributed by atoms with Gasteiger partial charge in [-0.3, -0.25) is 0 Å². The molecule has 0 bridgehead atoms. The molecule has 0 saturated heterocycles. The first-order chi connectivity index (χ1) is 8.75. The SMILES string of the molecule is C[C@@H](COCc1ccc(Br)cc1)C1CCCCC1. The Balaban J connectivity index is 1.69. The molecule has 1 atom stereocenters. The fourth-order valence-electron chi connectivity index (χ4n) is 2.78. The van der Waals surface area contributed by atoms with Gasteiger partial charge in [-0.1, -0.05) is 67.1 Å². The maximum absolute atomic E-state index is 5.86. The first-order valence-corrected chi connectivity index (χ1v) is 7.87. The molecule has 100 valence electrons. The molecule has 2 rings (SSSR count). The van der Waals surface area contributed by atoms with Gasteiger partial charge in [0, 0.05) is 11.1 Å². The van der Waals surface area contributed by atoms with Gasteiger partial charge in [-0.05, 0) is 29.5 Å². The summed E-state index contributed by atoms with van der Waals surface area (Å²) in [6.45, 7) is 3.99. The lowest BCUT2D eigenvalue weighted by molar-refractivity contribution is 0.0639. The summed E-state index contributed by atoms with van der Waals surface area (Å²) in [5, 5.41) is 0. The van der Waals surface area contributed by atoms with Gasteiger partial charge in [0.1, 0.15) is 0 Å². The van der Waals surface area contributed by atoms with E-state index < -0.39 is 0 Å². The number of benzene rings is 1. The van der Waals surface area contributed by atoms with Crippen LogP contribution in [0.5, 0.6) is 0 Å². The lowest BCUT2D eigenvalue weighted by Crippen LogP contribution is -2.19. The molecule has 0 heterocycles. The van der Waals surface area contributed by atoms with Gasteiger partial charge in [0.25, 0.3) is 0 Å². The fraction of sp³-hybridized carbons (Fsp3) is 0.625. The summed E-state index contributed by atoms with van der Waals surface area (Å²) in [4.78, 5) is 0. The van der Waals surface area contributed by atoms with Crippen molar-refractivity contribution in [3.63, 3.8) is 0 Å². The van der Waals surface area contributed by atoms with Crippen molar-refractivity contribution in [2.24, 2.45) is 11.8 Å². The van der Waals surface area contributed by atoms with E-state index in [0.717, 1.165) is 23.6 Å². The molecule has 1 aliphatic rings. The van der Waals surface area contributed by atoms with Gasteiger partial charge < -0.3 is 4.74 Å². The summed E-state index contributed by atoms with van der Waals surface area (Å²) < 4.78 is 6.99. The lowest BCUT2D eigenvalue weighted by Gasteiger charge is -2.27. The predicted octanol–water partition coefficient (Wildman–Crippen LogP) is 5.18. The van der Waals surface area contributed by atoms with E-state index in [0.29, 0.717) is 5.92 Å². The topological polar surface area (TPSA) is 9.23 Å². The molecule has 1 saturated carbocycles. The Hall–Kier alpha value is -0.340. The van der Waals surface area contributed by atoms with Crippen LogP contribution in [0.25, 0.3) is 0 Å². The molecular formula is C16H23BrO. The average molecular weight is 311 g/mol. The summed E-state index contributed by atoms with van der Waals surface area (Å²) >= 11 is 3.45. The van der Waals surface area contributed by atoms with Gasteiger partial charge in [-0.2, -0.15) is 0 Å². The van der Waals surface area contributed by atoms with Crippen molar-refractivity contribution in [2.45, 2.75) is 45.6 Å². The number of halogens is 1. The summed E-state index contributed by atoms with van der Waals surface area (Å²) in [5.41, 5.74) is 1.26. The average Bonchev–Trinajstić information content (AvgIpc) is 2.42. The highest BCUT2D eigenvalue weighted by Gasteiger charge is 2.19. The minimum absolute atomic E-state index is 0.709. The quantitative estimate of drug-likeness (QED) is 0.728. The molecule has 1 fully saturated rings. The summed E-state index contributed by atoms with van der Waals surface area (Å²) in [6.07, 6.45) is 7.08. The van der Waals surface area contributed by atoms with E-state index in [1.807, 2.05) is 0 Å². The Morgan fingerprint density at radius 1 is 1.17 bits per heavy atom. The molecule has 18 heavy (non-hydrogen) atoms. The highest BCUT2D eigenvalue weighted by atomic mass is 79.9. The second-order valence-corrected chi connectivity index (χ2v) is 6.43. The molecular weight excluding hydrogens is 288 g/mol. The summed E-state index contributed by atoms with van der Waals surface area (Å²) in [6, 6.07) is 8.39. The molecule has 1 aromatic carbocycles. The molecule has 2 heteroatoms. The predicted molar refractivity (Wildman–Crippen MR) is 79.5 cm³/mol. The van der Waals surface area contributed by atoms with Crippen LogP contribution in [0.4, 0.5) is 0 Å². The van der Waals surface area contributed by atoms with Crippen LogP contribution in [0.1, 0.15) is 44.6 Å². The van der Waals surface area contributed by atoms with Gasteiger partial charge in [-0.15, -0.1) is 0 Å². The molecule has 0 aromatic heterocycles. The molecule has 1 aromatic rings. The Morgan fingerprint density at radius 2 is 1.83 bits per heavy atom.